The second kappa shape index (κ2) is 10.7. The van der Waals surface area contributed by atoms with Crippen LogP contribution in [0.15, 0.2) is 54.6 Å². The van der Waals surface area contributed by atoms with Crippen LogP contribution in [0.3, 0.4) is 0 Å². The summed E-state index contributed by atoms with van der Waals surface area (Å²) >= 11 is 0. The summed E-state index contributed by atoms with van der Waals surface area (Å²) in [5, 5.41) is 2.99. The maximum Gasteiger partial charge on any atom is 0.254 e. The molecule has 1 aliphatic heterocycles. The van der Waals surface area contributed by atoms with E-state index in [1.807, 2.05) is 12.1 Å². The SMILES string of the molecule is COc1ccc([C@H]2[C@@H](C(=O)Nc3ccc(OC)c(OC)c3)c3cc(OC)c(OC)cc3C(=O)N2C)cc1. The minimum Gasteiger partial charge on any atom is -0.497 e. The molecule has 9 heteroatoms. The zero-order chi connectivity index (χ0) is 26.7. The molecule has 4 rings (SSSR count). The van der Waals surface area contributed by atoms with Gasteiger partial charge in [0.25, 0.3) is 5.91 Å². The lowest BCUT2D eigenvalue weighted by Crippen LogP contribution is -2.44. The highest BCUT2D eigenvalue weighted by atomic mass is 16.5. The van der Waals surface area contributed by atoms with Gasteiger partial charge in [-0.1, -0.05) is 12.1 Å². The molecule has 3 aromatic carbocycles. The molecule has 37 heavy (non-hydrogen) atoms. The zero-order valence-electron chi connectivity index (χ0n) is 21.7. The minimum absolute atomic E-state index is 0.230. The van der Waals surface area contributed by atoms with Gasteiger partial charge in [-0.3, -0.25) is 9.59 Å². The molecule has 2 atom stereocenters. The van der Waals surface area contributed by atoms with E-state index in [0.29, 0.717) is 45.6 Å². The van der Waals surface area contributed by atoms with Crippen molar-refractivity contribution in [3.63, 3.8) is 0 Å². The van der Waals surface area contributed by atoms with Gasteiger partial charge in [0, 0.05) is 24.4 Å². The molecule has 0 fully saturated rings. The fraction of sp³-hybridized carbons (Fsp3) is 0.286. The first-order chi connectivity index (χ1) is 17.9. The Bertz CT molecular complexity index is 1310. The summed E-state index contributed by atoms with van der Waals surface area (Å²) in [6.45, 7) is 0. The fourth-order valence-corrected chi connectivity index (χ4v) is 4.68. The van der Waals surface area contributed by atoms with Crippen LogP contribution in [0.2, 0.25) is 0 Å². The van der Waals surface area contributed by atoms with Crippen molar-refractivity contribution < 1.29 is 33.3 Å². The van der Waals surface area contributed by atoms with Crippen molar-refractivity contribution in [3.8, 4) is 28.7 Å². The molecule has 1 aliphatic rings. The summed E-state index contributed by atoms with van der Waals surface area (Å²) in [5.41, 5.74) is 2.22. The lowest BCUT2D eigenvalue weighted by Gasteiger charge is -2.40. The van der Waals surface area contributed by atoms with Crippen molar-refractivity contribution >= 4 is 17.5 Å². The third-order valence-electron chi connectivity index (χ3n) is 6.57. The number of rotatable bonds is 8. The van der Waals surface area contributed by atoms with Gasteiger partial charge in [-0.15, -0.1) is 0 Å². The van der Waals surface area contributed by atoms with Crippen LogP contribution >= 0.6 is 0 Å². The van der Waals surface area contributed by atoms with Crippen LogP contribution in [0.4, 0.5) is 5.69 Å². The van der Waals surface area contributed by atoms with Crippen LogP contribution < -0.4 is 29.0 Å². The van der Waals surface area contributed by atoms with E-state index < -0.39 is 12.0 Å². The molecule has 0 unspecified atom stereocenters. The molecule has 0 spiro atoms. The summed E-state index contributed by atoms with van der Waals surface area (Å²) in [5.74, 6) is 1.23. The van der Waals surface area contributed by atoms with Gasteiger partial charge in [0.05, 0.1) is 47.5 Å². The lowest BCUT2D eigenvalue weighted by atomic mass is 9.79. The number of likely N-dealkylation sites (N-methyl/N-ethyl adjacent to an activating group) is 1. The van der Waals surface area contributed by atoms with Crippen LogP contribution in [0.1, 0.15) is 33.4 Å². The first-order valence-electron chi connectivity index (χ1n) is 11.6. The highest BCUT2D eigenvalue weighted by molar-refractivity contribution is 6.05. The second-order valence-electron chi connectivity index (χ2n) is 8.47. The molecular weight excluding hydrogens is 476 g/mol. The largest absolute Gasteiger partial charge is 0.497 e. The van der Waals surface area contributed by atoms with Gasteiger partial charge in [0.2, 0.25) is 5.91 Å². The third-order valence-corrected chi connectivity index (χ3v) is 6.57. The van der Waals surface area contributed by atoms with Gasteiger partial charge in [-0.25, -0.2) is 0 Å². The quantitative estimate of drug-likeness (QED) is 0.487. The summed E-state index contributed by atoms with van der Waals surface area (Å²) in [6.07, 6.45) is 0. The van der Waals surface area contributed by atoms with Gasteiger partial charge < -0.3 is 33.9 Å². The van der Waals surface area contributed by atoms with E-state index in [2.05, 4.69) is 5.32 Å². The molecule has 0 saturated carbocycles. The zero-order valence-corrected chi connectivity index (χ0v) is 21.7. The number of ether oxygens (including phenoxy) is 5. The normalized spacial score (nSPS) is 16.5. The maximum atomic E-state index is 14.0. The molecule has 1 heterocycles. The molecule has 0 aliphatic carbocycles. The van der Waals surface area contributed by atoms with Crippen LogP contribution in [0.5, 0.6) is 28.7 Å². The Hall–Kier alpha value is -4.40. The van der Waals surface area contributed by atoms with E-state index in [0.717, 1.165) is 5.56 Å². The number of benzene rings is 3. The topological polar surface area (TPSA) is 95.6 Å². The number of anilines is 1. The monoisotopic (exact) mass is 506 g/mol. The lowest BCUT2D eigenvalue weighted by molar-refractivity contribution is -0.119. The maximum absolute atomic E-state index is 14.0. The van der Waals surface area contributed by atoms with E-state index in [1.165, 1.54) is 21.3 Å². The standard InChI is InChI=1S/C28H30N2O7/c1-30-26(16-7-10-18(33-2)11-8-16)25(19-14-23(36-5)24(37-6)15-20(19)28(30)32)27(31)29-17-9-12-21(34-3)22(13-17)35-4/h7-15,25-26H,1-6H3,(H,29,31)/t25-,26-/m0/s1. The third kappa shape index (κ3) is 4.72. The number of carbonyl (C=O) groups is 2. The number of carbonyl (C=O) groups excluding carboxylic acids is 2. The molecule has 9 nitrogen and oxygen atoms in total. The van der Waals surface area contributed by atoms with Crippen LogP contribution in [-0.4, -0.2) is 59.3 Å². The van der Waals surface area contributed by atoms with Crippen molar-refractivity contribution in [2.45, 2.75) is 12.0 Å². The smallest absolute Gasteiger partial charge is 0.254 e. The summed E-state index contributed by atoms with van der Waals surface area (Å²) in [4.78, 5) is 29.1. The van der Waals surface area contributed by atoms with Gasteiger partial charge in [-0.05, 0) is 47.5 Å². The van der Waals surface area contributed by atoms with E-state index in [1.54, 1.807) is 68.6 Å². The predicted molar refractivity (Wildman–Crippen MR) is 138 cm³/mol. The minimum atomic E-state index is -0.765. The number of nitrogens with one attached hydrogen (secondary N) is 1. The highest BCUT2D eigenvalue weighted by Crippen LogP contribution is 2.46. The van der Waals surface area contributed by atoms with Crippen molar-refractivity contribution in [2.24, 2.45) is 0 Å². The van der Waals surface area contributed by atoms with Crippen LogP contribution in [0, 0.1) is 0 Å². The van der Waals surface area contributed by atoms with Gasteiger partial charge in [-0.2, -0.15) is 0 Å². The number of amides is 2. The highest BCUT2D eigenvalue weighted by Gasteiger charge is 2.43. The van der Waals surface area contributed by atoms with Crippen molar-refractivity contribution in [2.75, 3.05) is 47.9 Å². The molecule has 194 valence electrons. The molecule has 0 radical (unpaired) electrons. The summed E-state index contributed by atoms with van der Waals surface area (Å²) < 4.78 is 26.9. The number of hydrogen-bond acceptors (Lipinski definition) is 7. The molecular formula is C28H30N2O7. The Balaban J connectivity index is 1.85. The van der Waals surface area contributed by atoms with E-state index in [9.17, 15) is 9.59 Å². The van der Waals surface area contributed by atoms with Gasteiger partial charge in [0.1, 0.15) is 5.75 Å². The fourth-order valence-electron chi connectivity index (χ4n) is 4.68. The number of hydrogen-bond donors (Lipinski definition) is 1. The Kier molecular flexibility index (Phi) is 7.42. The van der Waals surface area contributed by atoms with Crippen LogP contribution in [0.25, 0.3) is 0 Å². The average Bonchev–Trinajstić information content (AvgIpc) is 2.93. The van der Waals surface area contributed by atoms with Crippen molar-refractivity contribution in [1.82, 2.24) is 4.90 Å². The Morgan fingerprint density at radius 3 is 1.95 bits per heavy atom. The Labute approximate surface area is 215 Å². The predicted octanol–water partition coefficient (Wildman–Crippen LogP) is 4.28. The average molecular weight is 507 g/mol. The van der Waals surface area contributed by atoms with Crippen LogP contribution in [-0.2, 0) is 4.79 Å². The number of methoxy groups -OCH3 is 5. The first-order valence-corrected chi connectivity index (χ1v) is 11.6. The molecule has 1 N–H and O–H groups in total. The van der Waals surface area contributed by atoms with Crippen molar-refractivity contribution in [3.05, 3.63) is 71.3 Å². The molecule has 0 aromatic heterocycles. The molecule has 3 aromatic rings. The molecule has 2 amide bonds. The van der Waals surface area contributed by atoms with Gasteiger partial charge in [0.15, 0.2) is 23.0 Å². The van der Waals surface area contributed by atoms with E-state index in [4.69, 9.17) is 23.7 Å². The van der Waals surface area contributed by atoms with Gasteiger partial charge >= 0.3 is 0 Å². The van der Waals surface area contributed by atoms with E-state index >= 15 is 0 Å². The first kappa shape index (κ1) is 25.7. The van der Waals surface area contributed by atoms with E-state index in [-0.39, 0.29) is 11.8 Å². The second-order valence-corrected chi connectivity index (χ2v) is 8.47. The molecule has 0 bridgehead atoms. The number of nitrogens with zero attached hydrogens (tertiary/aromatic N) is 1. The Morgan fingerprint density at radius 1 is 0.757 bits per heavy atom. The van der Waals surface area contributed by atoms with Crippen molar-refractivity contribution in [1.29, 1.82) is 0 Å². The Morgan fingerprint density at radius 2 is 1.35 bits per heavy atom. The molecule has 0 saturated heterocycles. The summed E-state index contributed by atoms with van der Waals surface area (Å²) in [6, 6.07) is 15.2. The summed E-state index contributed by atoms with van der Waals surface area (Å²) in [7, 11) is 9.36. The number of fused-ring (bicyclic) bond motifs is 1.